The van der Waals surface area contributed by atoms with Crippen molar-refractivity contribution >= 4 is 26.1 Å². The molecule has 0 aliphatic carbocycles. The molecule has 14 nitrogen and oxygen atoms in total. The van der Waals surface area contributed by atoms with Crippen molar-refractivity contribution in [3.63, 3.8) is 0 Å². The predicted octanol–water partition coefficient (Wildman–Crippen LogP) is 1.92. The number of nitrogens with zero attached hydrogens (tertiary/aromatic N) is 2. The molecule has 5 atom stereocenters. The summed E-state index contributed by atoms with van der Waals surface area (Å²) < 4.78 is 77.6. The molecule has 1 amide bonds. The second-order valence-electron chi connectivity index (χ2n) is 14.0. The van der Waals surface area contributed by atoms with Gasteiger partial charge in [0.1, 0.15) is 6.09 Å². The van der Waals surface area contributed by atoms with Crippen LogP contribution < -0.4 is 19.3 Å². The molecule has 3 aliphatic rings. The molecule has 0 bridgehead atoms. The summed E-state index contributed by atoms with van der Waals surface area (Å²) in [4.78, 5) is 14.0. The molecule has 2 saturated heterocycles. The highest BCUT2D eigenvalue weighted by Gasteiger charge is 2.47. The number of unbranched alkanes of at least 4 members (excludes halogenated alkanes) is 2. The summed E-state index contributed by atoms with van der Waals surface area (Å²) in [5, 5.41) is 25.0. The van der Waals surface area contributed by atoms with E-state index in [2.05, 4.69) is 4.72 Å². The Balaban J connectivity index is 1.42. The van der Waals surface area contributed by atoms with Crippen LogP contribution >= 0.6 is 0 Å². The monoisotopic (exact) mass is 738 g/mol. The molecule has 278 valence electrons. The number of aliphatic hydroxyl groups is 1. The van der Waals surface area contributed by atoms with Gasteiger partial charge in [0.15, 0.2) is 17.8 Å². The van der Waals surface area contributed by atoms with Crippen LogP contribution in [-0.2, 0) is 35.9 Å². The summed E-state index contributed by atoms with van der Waals surface area (Å²) in [7, 11) is -7.54. The Kier molecular flexibility index (Phi) is 12.3. The molecule has 3 heterocycles. The first-order valence-corrected chi connectivity index (χ1v) is 20.3. The van der Waals surface area contributed by atoms with Crippen molar-refractivity contribution in [2.75, 3.05) is 45.9 Å². The molecule has 2 aromatic carbocycles. The number of hydrogen-bond acceptors (Lipinski definition) is 11. The fourth-order valence-corrected chi connectivity index (χ4v) is 9.18. The second kappa shape index (κ2) is 16.1. The van der Waals surface area contributed by atoms with Crippen LogP contribution in [0.3, 0.4) is 0 Å². The van der Waals surface area contributed by atoms with Crippen LogP contribution in [0.25, 0.3) is 0 Å². The van der Waals surface area contributed by atoms with Crippen LogP contribution in [0, 0.1) is 11.3 Å². The molecule has 50 heavy (non-hydrogen) atoms. The number of rotatable bonds is 18. The number of amides is 1. The van der Waals surface area contributed by atoms with E-state index < -0.39 is 62.6 Å². The molecule has 0 aromatic heterocycles. The number of sulfonamides is 2. The number of aliphatic hydroxyl groups excluding tert-OH is 1. The van der Waals surface area contributed by atoms with Crippen molar-refractivity contribution < 1.29 is 50.8 Å². The summed E-state index contributed by atoms with van der Waals surface area (Å²) in [6.07, 6.45) is 0.954. The van der Waals surface area contributed by atoms with E-state index in [0.717, 1.165) is 23.1 Å². The van der Waals surface area contributed by atoms with E-state index in [1.807, 2.05) is 44.2 Å². The fraction of sp³-hybridized carbons (Fsp3) is 0.618. The highest BCUT2D eigenvalue weighted by Crippen LogP contribution is 2.38. The van der Waals surface area contributed by atoms with Crippen molar-refractivity contribution in [1.29, 1.82) is 0 Å². The van der Waals surface area contributed by atoms with Gasteiger partial charge >= 0.3 is 0 Å². The average molecular weight is 739 g/mol. The Bertz CT molecular complexity index is 1670. The maximum atomic E-state index is 14.4. The maximum absolute atomic E-state index is 14.4. The lowest BCUT2D eigenvalue weighted by Crippen LogP contribution is -2.61. The first-order valence-electron chi connectivity index (χ1n) is 16.9. The normalized spacial score (nSPS) is 21.7. The average Bonchev–Trinajstić information content (AvgIpc) is 3.80. The number of carboxylic acid groups (broad SMARTS) is 1. The predicted molar refractivity (Wildman–Crippen MR) is 181 cm³/mol. The minimum atomic E-state index is -4.26. The molecule has 5 rings (SSSR count). The number of ether oxygens (including phenoxy) is 4. The molecular formula is C34H48N3O11S2-. The Labute approximate surface area is 294 Å². The first kappa shape index (κ1) is 38.2. The highest BCUT2D eigenvalue weighted by molar-refractivity contribution is 7.89. The molecule has 2 N–H and O–H groups in total. The lowest BCUT2D eigenvalue weighted by atomic mass is 9.86. The minimum Gasteiger partial charge on any atom is -0.530 e. The van der Waals surface area contributed by atoms with Crippen molar-refractivity contribution in [1.82, 2.24) is 13.9 Å². The molecule has 16 heteroatoms. The Hall–Kier alpha value is -2.99. The third kappa shape index (κ3) is 9.66. The van der Waals surface area contributed by atoms with E-state index in [1.54, 1.807) is 0 Å². The Morgan fingerprint density at radius 1 is 1.04 bits per heavy atom. The van der Waals surface area contributed by atoms with E-state index >= 15 is 0 Å². The number of carbonyl (C=O) groups excluding carboxylic acids is 1. The summed E-state index contributed by atoms with van der Waals surface area (Å²) in [6, 6.07) is 11.7. The van der Waals surface area contributed by atoms with Gasteiger partial charge in [0.2, 0.25) is 26.8 Å². The number of nitrogens with one attached hydrogen (secondary N) is 1. The van der Waals surface area contributed by atoms with Crippen molar-refractivity contribution in [2.45, 2.75) is 81.7 Å². The molecule has 2 aromatic rings. The van der Waals surface area contributed by atoms with Crippen LogP contribution in [0.2, 0.25) is 0 Å². The van der Waals surface area contributed by atoms with E-state index in [9.17, 15) is 31.8 Å². The van der Waals surface area contributed by atoms with Crippen LogP contribution in [0.4, 0.5) is 4.79 Å². The van der Waals surface area contributed by atoms with Gasteiger partial charge in [0, 0.05) is 31.6 Å². The van der Waals surface area contributed by atoms with Crippen LogP contribution in [-0.4, -0.2) is 108 Å². The van der Waals surface area contributed by atoms with Gasteiger partial charge in [-0.25, -0.2) is 21.6 Å². The van der Waals surface area contributed by atoms with Gasteiger partial charge in [-0.1, -0.05) is 57.0 Å². The van der Waals surface area contributed by atoms with Crippen molar-refractivity contribution in [3.8, 4) is 11.5 Å². The maximum Gasteiger partial charge on any atom is 0.243 e. The Morgan fingerprint density at radius 2 is 1.78 bits per heavy atom. The Morgan fingerprint density at radius 3 is 2.50 bits per heavy atom. The molecular weight excluding hydrogens is 691 g/mol. The van der Waals surface area contributed by atoms with Crippen LogP contribution in [0.1, 0.15) is 51.5 Å². The molecule has 0 unspecified atom stereocenters. The fourth-order valence-electron chi connectivity index (χ4n) is 7.00. The summed E-state index contributed by atoms with van der Waals surface area (Å²) in [6.45, 7) is 4.23. The van der Waals surface area contributed by atoms with Crippen LogP contribution in [0.5, 0.6) is 11.5 Å². The van der Waals surface area contributed by atoms with Gasteiger partial charge < -0.3 is 38.9 Å². The molecule has 3 aliphatic heterocycles. The van der Waals surface area contributed by atoms with Crippen molar-refractivity contribution in [3.05, 3.63) is 54.1 Å². The number of fused-ring (bicyclic) bond motifs is 2. The third-order valence-electron chi connectivity index (χ3n) is 9.54. The van der Waals surface area contributed by atoms with Gasteiger partial charge in [-0.15, -0.1) is 0 Å². The van der Waals surface area contributed by atoms with Crippen LogP contribution in [0.15, 0.2) is 53.4 Å². The van der Waals surface area contributed by atoms with Crippen molar-refractivity contribution in [2.24, 2.45) is 11.3 Å². The number of carbonyl (C=O) groups is 1. The standard InChI is InChI=1S/C34H49N3O11S2/c1-34(2,15-8-5-9-16-35-49(3,41)42)22-36(50(43,44)25-12-13-30-31(19-25)48-23-47-30)20-29(38)27(18-24-10-6-4-7-11-24)37(33(39)40)28-21-46-32-26(28)14-17-45-32/h4,6-7,10-13,19,26-29,32,35,38H,5,8-9,14-18,20-23H2,1-3H3,(H,39,40)/p-1/t26-,27-,28-,29+,32+/m0/s1. The van der Waals surface area contributed by atoms with Gasteiger partial charge in [0.05, 0.1) is 42.6 Å². The van der Waals surface area contributed by atoms with E-state index in [-0.39, 0.29) is 42.9 Å². The van der Waals surface area contributed by atoms with Gasteiger partial charge in [0.25, 0.3) is 0 Å². The lowest BCUT2D eigenvalue weighted by molar-refractivity contribution is -0.273. The largest absolute Gasteiger partial charge is 0.530 e. The zero-order valence-electron chi connectivity index (χ0n) is 28.7. The summed E-state index contributed by atoms with van der Waals surface area (Å²) >= 11 is 0. The molecule has 2 fully saturated rings. The zero-order chi connectivity index (χ0) is 36.1. The number of benzene rings is 2. The molecule has 0 radical (unpaired) electrons. The van der Waals surface area contributed by atoms with E-state index in [1.165, 1.54) is 22.5 Å². The summed E-state index contributed by atoms with van der Waals surface area (Å²) in [5.74, 6) is 0.452. The molecule has 0 spiro atoms. The van der Waals surface area contributed by atoms with Gasteiger partial charge in [-0.2, -0.15) is 4.31 Å². The second-order valence-corrected chi connectivity index (χ2v) is 17.8. The topological polar surface area (TPSA) is 184 Å². The smallest absolute Gasteiger partial charge is 0.243 e. The quantitative estimate of drug-likeness (QED) is 0.213. The third-order valence-corrected chi connectivity index (χ3v) is 12.1. The summed E-state index contributed by atoms with van der Waals surface area (Å²) in [5.41, 5.74) is 0.182. The zero-order valence-corrected chi connectivity index (χ0v) is 30.4. The van der Waals surface area contributed by atoms with Gasteiger partial charge in [-0.05, 0) is 48.8 Å². The molecule has 0 saturated carbocycles. The van der Waals surface area contributed by atoms with Gasteiger partial charge in [-0.3, -0.25) is 0 Å². The first-order chi connectivity index (χ1) is 23.6. The number of hydrogen-bond donors (Lipinski definition) is 2. The SMILES string of the molecule is CC(C)(CCCCCNS(C)(=O)=O)CN(C[C@@H](O)[C@H](Cc1ccccc1)N(C(=O)[O-])[C@H]1CO[C@H]2OCC[C@H]21)S(=O)(=O)c1ccc2c(c1)OCO2. The highest BCUT2D eigenvalue weighted by atomic mass is 32.2. The minimum absolute atomic E-state index is 0.0108. The van der Waals surface area contributed by atoms with E-state index in [4.69, 9.17) is 18.9 Å². The van der Waals surface area contributed by atoms with E-state index in [0.29, 0.717) is 44.6 Å². The lowest BCUT2D eigenvalue weighted by Gasteiger charge is -2.43.